The zero-order valence-electron chi connectivity index (χ0n) is 13.9. The van der Waals surface area contributed by atoms with Crippen LogP contribution in [0, 0.1) is 5.82 Å². The summed E-state index contributed by atoms with van der Waals surface area (Å²) in [5.41, 5.74) is 4.06. The van der Waals surface area contributed by atoms with E-state index in [9.17, 15) is 4.39 Å². The van der Waals surface area contributed by atoms with E-state index in [1.54, 1.807) is 24.9 Å². The molecule has 0 spiro atoms. The Labute approximate surface area is 153 Å². The maximum atomic E-state index is 13.9. The van der Waals surface area contributed by atoms with Gasteiger partial charge in [-0.15, -0.1) is 11.8 Å². The molecule has 26 heavy (non-hydrogen) atoms. The van der Waals surface area contributed by atoms with Crippen LogP contribution in [0.25, 0.3) is 5.70 Å². The minimum atomic E-state index is -0.243. The van der Waals surface area contributed by atoms with E-state index in [2.05, 4.69) is 15.4 Å². The lowest BCUT2D eigenvalue weighted by molar-refractivity contribution is 0.414. The van der Waals surface area contributed by atoms with Crippen LogP contribution in [0.15, 0.2) is 59.3 Å². The summed E-state index contributed by atoms with van der Waals surface area (Å²) in [5, 5.41) is 7.76. The number of anilines is 1. The van der Waals surface area contributed by atoms with E-state index in [0.717, 1.165) is 38.8 Å². The standard InChI is InChI=1S/C19H15FN4OS/c1-25-13-5-2-11(3-6-13)18-15-9-26-16-7-4-12(20)8-14(16)17(15)23-19-21-10-22-24(18)19/h2-8,10,18H,9H2,1H3,(H,21,22,23). The molecule has 0 saturated carbocycles. The zero-order chi connectivity index (χ0) is 17.7. The van der Waals surface area contributed by atoms with E-state index >= 15 is 0 Å². The largest absolute Gasteiger partial charge is 0.497 e. The van der Waals surface area contributed by atoms with Crippen molar-refractivity contribution in [2.75, 3.05) is 18.2 Å². The molecule has 1 N–H and O–H groups in total. The minimum Gasteiger partial charge on any atom is -0.497 e. The lowest BCUT2D eigenvalue weighted by Gasteiger charge is -2.34. The first-order valence-electron chi connectivity index (χ1n) is 8.21. The Morgan fingerprint density at radius 1 is 1.23 bits per heavy atom. The normalized spacial score (nSPS) is 17.8. The monoisotopic (exact) mass is 366 g/mol. The lowest BCUT2D eigenvalue weighted by Crippen LogP contribution is -2.27. The van der Waals surface area contributed by atoms with Crippen molar-refractivity contribution in [1.82, 2.24) is 14.8 Å². The van der Waals surface area contributed by atoms with Gasteiger partial charge in [0.05, 0.1) is 12.8 Å². The first-order chi connectivity index (χ1) is 12.7. The topological polar surface area (TPSA) is 52.0 Å². The number of hydrogen-bond donors (Lipinski definition) is 1. The van der Waals surface area contributed by atoms with Gasteiger partial charge in [0, 0.05) is 16.2 Å². The van der Waals surface area contributed by atoms with Gasteiger partial charge in [-0.2, -0.15) is 10.1 Å². The van der Waals surface area contributed by atoms with Gasteiger partial charge in [0.1, 0.15) is 23.9 Å². The number of thioether (sulfide) groups is 1. The van der Waals surface area contributed by atoms with Crippen molar-refractivity contribution < 1.29 is 9.13 Å². The zero-order valence-corrected chi connectivity index (χ0v) is 14.8. The van der Waals surface area contributed by atoms with Gasteiger partial charge in [-0.3, -0.25) is 0 Å². The number of fused-ring (bicyclic) bond motifs is 3. The van der Waals surface area contributed by atoms with Crippen molar-refractivity contribution in [1.29, 1.82) is 0 Å². The van der Waals surface area contributed by atoms with Gasteiger partial charge < -0.3 is 10.1 Å². The average molecular weight is 366 g/mol. The highest BCUT2D eigenvalue weighted by atomic mass is 32.2. The third-order valence-electron chi connectivity index (χ3n) is 4.73. The smallest absolute Gasteiger partial charge is 0.226 e. The molecule has 1 atom stereocenters. The number of hydrogen-bond acceptors (Lipinski definition) is 5. The Kier molecular flexibility index (Phi) is 3.49. The van der Waals surface area contributed by atoms with Crippen LogP contribution in [0.2, 0.25) is 0 Å². The van der Waals surface area contributed by atoms with Crippen LogP contribution < -0.4 is 10.1 Å². The van der Waals surface area contributed by atoms with Crippen molar-refractivity contribution in [3.8, 4) is 5.75 Å². The number of benzene rings is 2. The third kappa shape index (κ3) is 2.31. The first kappa shape index (κ1) is 15.5. The second-order valence-electron chi connectivity index (χ2n) is 6.16. The fraction of sp³-hybridized carbons (Fsp3) is 0.158. The van der Waals surface area contributed by atoms with Gasteiger partial charge in [0.15, 0.2) is 0 Å². The van der Waals surface area contributed by atoms with E-state index in [1.807, 2.05) is 35.0 Å². The summed E-state index contributed by atoms with van der Waals surface area (Å²) in [7, 11) is 1.65. The van der Waals surface area contributed by atoms with Crippen LogP contribution in [-0.4, -0.2) is 27.6 Å². The van der Waals surface area contributed by atoms with Crippen LogP contribution >= 0.6 is 11.8 Å². The fourth-order valence-corrected chi connectivity index (χ4v) is 4.60. The van der Waals surface area contributed by atoms with E-state index in [0.29, 0.717) is 5.95 Å². The lowest BCUT2D eigenvalue weighted by atomic mass is 9.93. The summed E-state index contributed by atoms with van der Waals surface area (Å²) in [5.74, 6) is 2.03. The van der Waals surface area contributed by atoms with Crippen LogP contribution in [0.5, 0.6) is 5.75 Å². The maximum absolute atomic E-state index is 13.9. The summed E-state index contributed by atoms with van der Waals surface area (Å²) in [4.78, 5) is 5.40. The number of methoxy groups -OCH3 is 1. The summed E-state index contributed by atoms with van der Waals surface area (Å²) in [6.07, 6.45) is 1.54. The highest BCUT2D eigenvalue weighted by Gasteiger charge is 2.34. The molecule has 5 rings (SSSR count). The van der Waals surface area contributed by atoms with Crippen molar-refractivity contribution >= 4 is 23.4 Å². The van der Waals surface area contributed by atoms with Crippen molar-refractivity contribution in [3.05, 3.63) is 71.3 Å². The van der Waals surface area contributed by atoms with Gasteiger partial charge in [0.2, 0.25) is 5.95 Å². The van der Waals surface area contributed by atoms with Gasteiger partial charge in [-0.05, 0) is 41.5 Å². The molecular formula is C19H15FN4OS. The molecular weight excluding hydrogens is 351 g/mol. The molecule has 5 nitrogen and oxygen atoms in total. The molecule has 0 radical (unpaired) electrons. The number of rotatable bonds is 2. The molecule has 3 heterocycles. The van der Waals surface area contributed by atoms with Crippen molar-refractivity contribution in [2.24, 2.45) is 0 Å². The molecule has 0 bridgehead atoms. The van der Waals surface area contributed by atoms with Crippen LogP contribution in [0.4, 0.5) is 10.3 Å². The Morgan fingerprint density at radius 3 is 2.88 bits per heavy atom. The van der Waals surface area contributed by atoms with Crippen LogP contribution in [0.3, 0.4) is 0 Å². The van der Waals surface area contributed by atoms with Crippen LogP contribution in [-0.2, 0) is 0 Å². The summed E-state index contributed by atoms with van der Waals surface area (Å²) in [6, 6.07) is 12.8. The predicted molar refractivity (Wildman–Crippen MR) is 98.8 cm³/mol. The Balaban J connectivity index is 1.70. The molecule has 130 valence electrons. The van der Waals surface area contributed by atoms with Crippen molar-refractivity contribution in [3.63, 3.8) is 0 Å². The van der Waals surface area contributed by atoms with Gasteiger partial charge in [-0.25, -0.2) is 9.07 Å². The van der Waals surface area contributed by atoms with Crippen molar-refractivity contribution in [2.45, 2.75) is 10.9 Å². The second kappa shape index (κ2) is 5.88. The molecule has 1 aromatic heterocycles. The van der Waals surface area contributed by atoms with Gasteiger partial charge in [-0.1, -0.05) is 12.1 Å². The number of nitrogens with zero attached hydrogens (tertiary/aromatic N) is 3. The highest BCUT2D eigenvalue weighted by Crippen LogP contribution is 2.46. The Morgan fingerprint density at radius 2 is 2.08 bits per heavy atom. The first-order valence-corrected chi connectivity index (χ1v) is 9.19. The molecule has 0 fully saturated rings. The summed E-state index contributed by atoms with van der Waals surface area (Å²) < 4.78 is 21.0. The van der Waals surface area contributed by atoms with E-state index in [-0.39, 0.29) is 11.9 Å². The van der Waals surface area contributed by atoms with Gasteiger partial charge >= 0.3 is 0 Å². The Bertz CT molecular complexity index is 1030. The maximum Gasteiger partial charge on any atom is 0.226 e. The van der Waals surface area contributed by atoms with E-state index < -0.39 is 0 Å². The van der Waals surface area contributed by atoms with E-state index in [4.69, 9.17) is 4.74 Å². The number of nitrogens with one attached hydrogen (secondary N) is 1. The summed E-state index contributed by atoms with van der Waals surface area (Å²) in [6.45, 7) is 0. The molecule has 2 aliphatic heterocycles. The quantitative estimate of drug-likeness (QED) is 0.744. The molecule has 2 aromatic carbocycles. The second-order valence-corrected chi connectivity index (χ2v) is 7.18. The third-order valence-corrected chi connectivity index (χ3v) is 5.85. The molecule has 0 aliphatic carbocycles. The Hall–Kier alpha value is -2.80. The van der Waals surface area contributed by atoms with Crippen LogP contribution in [0.1, 0.15) is 17.2 Å². The predicted octanol–water partition coefficient (Wildman–Crippen LogP) is 3.96. The SMILES string of the molecule is COc1ccc(C2C3=C(Nc4ncnn42)c2cc(F)ccc2SC3)cc1. The number of halogens is 1. The number of ether oxygens (including phenoxy) is 1. The molecule has 0 amide bonds. The molecule has 0 saturated heterocycles. The molecule has 2 aliphatic rings. The average Bonchev–Trinajstić information content (AvgIpc) is 3.14. The van der Waals surface area contributed by atoms with E-state index in [1.165, 1.54) is 12.4 Å². The molecule has 3 aromatic rings. The number of aromatic nitrogens is 3. The highest BCUT2D eigenvalue weighted by molar-refractivity contribution is 7.99. The molecule has 1 unspecified atom stereocenters. The van der Waals surface area contributed by atoms with Gasteiger partial charge in [0.25, 0.3) is 0 Å². The fourth-order valence-electron chi connectivity index (χ4n) is 3.50. The molecule has 7 heteroatoms. The minimum absolute atomic E-state index is 0.0847. The summed E-state index contributed by atoms with van der Waals surface area (Å²) >= 11 is 1.72.